The molecule has 0 aliphatic carbocycles. The van der Waals surface area contributed by atoms with Gasteiger partial charge in [0.05, 0.1) is 0 Å². The molecular weight excluding hydrogens is 372 g/mol. The van der Waals surface area contributed by atoms with Crippen LogP contribution in [0.1, 0.15) is 188 Å². The summed E-state index contributed by atoms with van der Waals surface area (Å²) in [6.07, 6.45) is 36.6. The third-order valence-electron chi connectivity index (χ3n) is 7.41. The summed E-state index contributed by atoms with van der Waals surface area (Å²) in [7, 11) is 0. The lowest BCUT2D eigenvalue weighted by Gasteiger charge is -2.17. The molecule has 0 fully saturated rings. The van der Waals surface area contributed by atoms with Gasteiger partial charge in [-0.1, -0.05) is 182 Å². The van der Waals surface area contributed by atoms with E-state index in [2.05, 4.69) is 27.7 Å². The smallest absolute Gasteiger partial charge is 0.0440 e. The highest BCUT2D eigenvalue weighted by atomic mass is 14.1. The van der Waals surface area contributed by atoms with Crippen molar-refractivity contribution in [3.05, 3.63) is 0 Å². The molecule has 0 radical (unpaired) electrons. The van der Waals surface area contributed by atoms with E-state index in [1.165, 1.54) is 161 Å². The molecule has 188 valence electrons. The van der Waals surface area contributed by atoms with Crippen molar-refractivity contribution in [2.24, 2.45) is 11.8 Å². The van der Waals surface area contributed by atoms with Crippen LogP contribution in [-0.2, 0) is 0 Å². The lowest BCUT2D eigenvalue weighted by Crippen LogP contribution is -2.03. The monoisotopic (exact) mass is 437 g/mol. The van der Waals surface area contributed by atoms with Gasteiger partial charge < -0.3 is 0 Å². The van der Waals surface area contributed by atoms with Gasteiger partial charge in [-0.05, 0) is 18.3 Å². The quantitative estimate of drug-likeness (QED) is 0.118. The Kier molecular flexibility index (Phi) is 26.3. The Labute approximate surface area is 200 Å². The molecule has 0 aliphatic heterocycles. The van der Waals surface area contributed by atoms with Gasteiger partial charge in [-0.15, -0.1) is 0 Å². The maximum absolute atomic E-state index is 2.51. The first-order valence-electron chi connectivity index (χ1n) is 15.2. The number of hydrogen-bond acceptors (Lipinski definition) is 0. The highest BCUT2D eigenvalue weighted by molar-refractivity contribution is 4.61. The van der Waals surface area contributed by atoms with Gasteiger partial charge in [-0.25, -0.2) is 0 Å². The van der Waals surface area contributed by atoms with Crippen LogP contribution in [0.3, 0.4) is 0 Å². The lowest BCUT2D eigenvalue weighted by molar-refractivity contribution is 0.356. The number of unbranched alkanes of at least 4 members (excludes halogenated alkanes) is 20. The second-order valence-corrected chi connectivity index (χ2v) is 11.1. The van der Waals surface area contributed by atoms with Crippen LogP contribution < -0.4 is 0 Å². The van der Waals surface area contributed by atoms with Crippen molar-refractivity contribution in [1.29, 1.82) is 0 Å². The highest BCUT2D eigenvalue weighted by Crippen LogP contribution is 2.23. The number of hydrogen-bond donors (Lipinski definition) is 0. The van der Waals surface area contributed by atoms with Crippen molar-refractivity contribution in [2.45, 2.75) is 188 Å². The van der Waals surface area contributed by atoms with Crippen molar-refractivity contribution >= 4 is 0 Å². The van der Waals surface area contributed by atoms with E-state index in [0.717, 1.165) is 11.8 Å². The first-order chi connectivity index (χ1) is 15.2. The molecule has 0 aromatic rings. The van der Waals surface area contributed by atoms with E-state index in [4.69, 9.17) is 0 Å². The second kappa shape index (κ2) is 26.3. The van der Waals surface area contributed by atoms with Crippen LogP contribution in [0.15, 0.2) is 0 Å². The van der Waals surface area contributed by atoms with Crippen LogP contribution in [0, 0.1) is 11.8 Å². The summed E-state index contributed by atoms with van der Waals surface area (Å²) < 4.78 is 0. The van der Waals surface area contributed by atoms with Gasteiger partial charge in [0.2, 0.25) is 0 Å². The average Bonchev–Trinajstić information content (AvgIpc) is 2.75. The fourth-order valence-electron chi connectivity index (χ4n) is 5.24. The molecule has 0 unspecified atom stereocenters. The molecule has 2 atom stereocenters. The van der Waals surface area contributed by atoms with Gasteiger partial charge >= 0.3 is 0 Å². The third kappa shape index (κ3) is 26.1. The van der Waals surface area contributed by atoms with Crippen LogP contribution >= 0.6 is 0 Å². The molecule has 31 heavy (non-hydrogen) atoms. The predicted octanol–water partition coefficient (Wildman–Crippen LogP) is 12.1. The maximum Gasteiger partial charge on any atom is -0.0440 e. The molecule has 0 N–H and O–H groups in total. The van der Waals surface area contributed by atoms with Crippen molar-refractivity contribution in [1.82, 2.24) is 0 Å². The van der Waals surface area contributed by atoms with Gasteiger partial charge in [0.15, 0.2) is 0 Å². The van der Waals surface area contributed by atoms with Crippen LogP contribution in [0.4, 0.5) is 0 Å². The Morgan fingerprint density at radius 1 is 0.323 bits per heavy atom. The molecule has 0 bridgehead atoms. The molecule has 0 spiro atoms. The molecule has 0 amide bonds. The molecule has 0 saturated carbocycles. The van der Waals surface area contributed by atoms with E-state index in [9.17, 15) is 0 Å². The maximum atomic E-state index is 2.51. The molecule has 0 aromatic heterocycles. The first-order valence-corrected chi connectivity index (χ1v) is 15.2. The summed E-state index contributed by atoms with van der Waals surface area (Å²) in [5.41, 5.74) is 0. The highest BCUT2D eigenvalue weighted by Gasteiger charge is 2.08. The Morgan fingerprint density at radius 3 is 0.806 bits per heavy atom. The Bertz CT molecular complexity index is 307. The largest absolute Gasteiger partial charge is 0.0654 e. The normalized spacial score (nSPS) is 13.5. The molecule has 0 nitrogen and oxygen atoms in total. The Morgan fingerprint density at radius 2 is 0.548 bits per heavy atom. The minimum Gasteiger partial charge on any atom is -0.0654 e. The summed E-state index contributed by atoms with van der Waals surface area (Å²) in [6, 6.07) is 0. The predicted molar refractivity (Wildman–Crippen MR) is 145 cm³/mol. The Balaban J connectivity index is 3.28. The molecule has 0 aromatic carbocycles. The molecule has 0 heteroatoms. The van der Waals surface area contributed by atoms with Crippen LogP contribution in [0.25, 0.3) is 0 Å². The van der Waals surface area contributed by atoms with Gasteiger partial charge in [0.25, 0.3) is 0 Å². The zero-order chi connectivity index (χ0) is 22.8. The standard InChI is InChI=1S/C31H64/c1-5-7-9-11-13-15-17-18-20-22-24-26-28-31(4)29-30(3)27-25-23-21-19-16-14-12-10-8-6-2/h30-31H,5-29H2,1-4H3/t30-,31+/m1/s1. The minimum absolute atomic E-state index is 0.946. The third-order valence-corrected chi connectivity index (χ3v) is 7.41. The summed E-state index contributed by atoms with van der Waals surface area (Å²) in [6.45, 7) is 9.63. The molecule has 0 rings (SSSR count). The zero-order valence-electron chi connectivity index (χ0n) is 22.8. The average molecular weight is 437 g/mol. The van der Waals surface area contributed by atoms with E-state index in [1.54, 1.807) is 0 Å². The molecule has 0 heterocycles. The summed E-state index contributed by atoms with van der Waals surface area (Å²) >= 11 is 0. The second-order valence-electron chi connectivity index (χ2n) is 11.1. The molecule has 0 aliphatic rings. The summed E-state index contributed by atoms with van der Waals surface area (Å²) in [4.78, 5) is 0. The summed E-state index contributed by atoms with van der Waals surface area (Å²) in [5, 5.41) is 0. The van der Waals surface area contributed by atoms with E-state index >= 15 is 0 Å². The molecular formula is C31H64. The van der Waals surface area contributed by atoms with Gasteiger partial charge in [0.1, 0.15) is 0 Å². The fourth-order valence-corrected chi connectivity index (χ4v) is 5.24. The lowest BCUT2D eigenvalue weighted by atomic mass is 9.89. The fraction of sp³-hybridized carbons (Fsp3) is 1.00. The summed E-state index contributed by atoms with van der Waals surface area (Å²) in [5.74, 6) is 1.89. The van der Waals surface area contributed by atoms with E-state index in [-0.39, 0.29) is 0 Å². The van der Waals surface area contributed by atoms with Crippen molar-refractivity contribution in [2.75, 3.05) is 0 Å². The SMILES string of the molecule is CCCCCCCCCCCCCC[C@H](C)C[C@H](C)CCCCCCCCCCCC. The van der Waals surface area contributed by atoms with Crippen molar-refractivity contribution < 1.29 is 0 Å². The topological polar surface area (TPSA) is 0 Å². The number of rotatable bonds is 26. The van der Waals surface area contributed by atoms with Crippen LogP contribution in [0.2, 0.25) is 0 Å². The van der Waals surface area contributed by atoms with Crippen LogP contribution in [0.5, 0.6) is 0 Å². The van der Waals surface area contributed by atoms with Gasteiger partial charge in [-0.3, -0.25) is 0 Å². The Hall–Kier alpha value is 0. The van der Waals surface area contributed by atoms with Gasteiger partial charge in [0, 0.05) is 0 Å². The van der Waals surface area contributed by atoms with Crippen LogP contribution in [-0.4, -0.2) is 0 Å². The first kappa shape index (κ1) is 31.0. The van der Waals surface area contributed by atoms with E-state index < -0.39 is 0 Å². The van der Waals surface area contributed by atoms with E-state index in [1.807, 2.05) is 0 Å². The zero-order valence-corrected chi connectivity index (χ0v) is 22.8. The van der Waals surface area contributed by atoms with Gasteiger partial charge in [-0.2, -0.15) is 0 Å². The van der Waals surface area contributed by atoms with E-state index in [0.29, 0.717) is 0 Å². The minimum atomic E-state index is 0.946. The van der Waals surface area contributed by atoms with Crippen molar-refractivity contribution in [3.8, 4) is 0 Å². The molecule has 0 saturated heterocycles. The van der Waals surface area contributed by atoms with Crippen molar-refractivity contribution in [3.63, 3.8) is 0 Å².